The fourth-order valence-corrected chi connectivity index (χ4v) is 3.06. The maximum atomic E-state index is 14.1. The Bertz CT molecular complexity index is 1120. The average Bonchev–Trinajstić information content (AvgIpc) is 3.14. The molecular weight excluding hydrogens is 401 g/mol. The zero-order chi connectivity index (χ0) is 20.4. The van der Waals surface area contributed by atoms with Gasteiger partial charge in [-0.25, -0.2) is 4.39 Å². The van der Waals surface area contributed by atoms with E-state index in [4.69, 9.17) is 21.1 Å². The van der Waals surface area contributed by atoms with Crippen molar-refractivity contribution in [3.63, 3.8) is 0 Å². The Morgan fingerprint density at radius 3 is 2.90 bits per heavy atom. The number of benzene rings is 2. The Labute approximate surface area is 169 Å². The standard InChI is InChI=1S/C19H15ClFN5O3/c1-11-23-24-25-26(11)13-3-4-15(21)16(10-13)22-18(27)5-2-12-8-14(20)19-17(9-12)28-6-7-29-19/h2-5,8-10H,6-7H2,1H3,(H,22,27)/b5-2+. The van der Waals surface area contributed by atoms with Crippen LogP contribution >= 0.6 is 11.6 Å². The number of nitrogens with zero attached hydrogens (tertiary/aromatic N) is 4. The van der Waals surface area contributed by atoms with Gasteiger partial charge in [0.25, 0.3) is 0 Å². The van der Waals surface area contributed by atoms with Gasteiger partial charge in [-0.2, -0.15) is 4.68 Å². The second kappa shape index (κ2) is 7.88. The van der Waals surface area contributed by atoms with Gasteiger partial charge in [0.2, 0.25) is 5.91 Å². The summed E-state index contributed by atoms with van der Waals surface area (Å²) in [7, 11) is 0. The van der Waals surface area contributed by atoms with Gasteiger partial charge < -0.3 is 14.8 Å². The maximum Gasteiger partial charge on any atom is 0.248 e. The average molecular weight is 416 g/mol. The van der Waals surface area contributed by atoms with Crippen LogP contribution in [0.2, 0.25) is 5.02 Å². The first-order valence-electron chi connectivity index (χ1n) is 8.64. The molecule has 0 fully saturated rings. The fraction of sp³-hybridized carbons (Fsp3) is 0.158. The van der Waals surface area contributed by atoms with E-state index in [2.05, 4.69) is 20.8 Å². The highest BCUT2D eigenvalue weighted by molar-refractivity contribution is 6.32. The fourth-order valence-electron chi connectivity index (χ4n) is 2.78. The molecule has 2 aromatic carbocycles. The molecule has 2 heterocycles. The highest BCUT2D eigenvalue weighted by Gasteiger charge is 2.16. The van der Waals surface area contributed by atoms with Crippen LogP contribution in [0.25, 0.3) is 11.8 Å². The number of hydrogen-bond acceptors (Lipinski definition) is 6. The second-order valence-corrected chi connectivity index (χ2v) is 6.56. The van der Waals surface area contributed by atoms with Gasteiger partial charge >= 0.3 is 0 Å². The lowest BCUT2D eigenvalue weighted by Gasteiger charge is -2.19. The monoisotopic (exact) mass is 415 g/mol. The number of anilines is 1. The molecule has 0 atom stereocenters. The largest absolute Gasteiger partial charge is 0.486 e. The summed E-state index contributed by atoms with van der Waals surface area (Å²) < 4.78 is 26.5. The number of hydrogen-bond donors (Lipinski definition) is 1. The molecule has 1 aromatic heterocycles. The summed E-state index contributed by atoms with van der Waals surface area (Å²) in [6.45, 7) is 2.56. The van der Waals surface area contributed by atoms with Crippen molar-refractivity contribution in [2.45, 2.75) is 6.92 Å². The van der Waals surface area contributed by atoms with Gasteiger partial charge in [-0.3, -0.25) is 4.79 Å². The Morgan fingerprint density at radius 2 is 2.10 bits per heavy atom. The van der Waals surface area contributed by atoms with Crippen molar-refractivity contribution >= 4 is 29.3 Å². The van der Waals surface area contributed by atoms with Crippen molar-refractivity contribution in [1.29, 1.82) is 0 Å². The number of aryl methyl sites for hydroxylation is 1. The minimum absolute atomic E-state index is 0.00672. The van der Waals surface area contributed by atoms with Crippen LogP contribution in [0.1, 0.15) is 11.4 Å². The molecule has 0 radical (unpaired) electrons. The number of rotatable bonds is 4. The first kappa shape index (κ1) is 18.9. The molecule has 0 saturated heterocycles. The molecule has 0 bridgehead atoms. The Morgan fingerprint density at radius 1 is 1.28 bits per heavy atom. The topological polar surface area (TPSA) is 91.2 Å². The molecule has 3 aromatic rings. The summed E-state index contributed by atoms with van der Waals surface area (Å²) in [5, 5.41) is 14.1. The minimum Gasteiger partial charge on any atom is -0.486 e. The van der Waals surface area contributed by atoms with E-state index >= 15 is 0 Å². The van der Waals surface area contributed by atoms with E-state index in [1.54, 1.807) is 25.1 Å². The van der Waals surface area contributed by atoms with Gasteiger partial charge in [0.15, 0.2) is 17.3 Å². The lowest BCUT2D eigenvalue weighted by atomic mass is 10.1. The van der Waals surface area contributed by atoms with Gasteiger partial charge in [0.05, 0.1) is 16.4 Å². The van der Waals surface area contributed by atoms with Crippen molar-refractivity contribution in [2.24, 2.45) is 0 Å². The van der Waals surface area contributed by atoms with E-state index < -0.39 is 11.7 Å². The number of aromatic nitrogens is 4. The molecule has 148 valence electrons. The molecule has 1 aliphatic rings. The molecule has 1 aliphatic heterocycles. The zero-order valence-electron chi connectivity index (χ0n) is 15.2. The number of amides is 1. The van der Waals surface area contributed by atoms with E-state index in [9.17, 15) is 9.18 Å². The smallest absolute Gasteiger partial charge is 0.248 e. The molecule has 1 N–H and O–H groups in total. The first-order valence-corrected chi connectivity index (χ1v) is 9.02. The number of tetrazole rings is 1. The number of fused-ring (bicyclic) bond motifs is 1. The van der Waals surface area contributed by atoms with Crippen LogP contribution in [0, 0.1) is 12.7 Å². The first-order chi connectivity index (χ1) is 14.0. The number of carbonyl (C=O) groups excluding carboxylic acids is 1. The molecule has 0 spiro atoms. The van der Waals surface area contributed by atoms with Crippen LogP contribution in [0.5, 0.6) is 11.5 Å². The molecule has 0 aliphatic carbocycles. The van der Waals surface area contributed by atoms with Crippen molar-refractivity contribution in [3.8, 4) is 17.2 Å². The molecule has 0 saturated carbocycles. The third-order valence-electron chi connectivity index (χ3n) is 4.12. The van der Waals surface area contributed by atoms with E-state index in [1.165, 1.54) is 29.0 Å². The summed E-state index contributed by atoms with van der Waals surface area (Å²) in [6, 6.07) is 7.56. The van der Waals surface area contributed by atoms with Crippen molar-refractivity contribution in [3.05, 3.63) is 58.6 Å². The summed E-state index contributed by atoms with van der Waals surface area (Å²) >= 11 is 6.18. The molecule has 10 heteroatoms. The number of carbonyl (C=O) groups is 1. The molecular formula is C19H15ClFN5O3. The van der Waals surface area contributed by atoms with Crippen LogP contribution in [0.4, 0.5) is 10.1 Å². The van der Waals surface area contributed by atoms with Gasteiger partial charge in [-0.1, -0.05) is 11.6 Å². The van der Waals surface area contributed by atoms with Crippen molar-refractivity contribution < 1.29 is 18.7 Å². The van der Waals surface area contributed by atoms with Crippen molar-refractivity contribution in [1.82, 2.24) is 20.2 Å². The van der Waals surface area contributed by atoms with Crippen LogP contribution in [0.15, 0.2) is 36.4 Å². The van der Waals surface area contributed by atoms with E-state index in [0.717, 1.165) is 0 Å². The maximum absolute atomic E-state index is 14.1. The van der Waals surface area contributed by atoms with Crippen molar-refractivity contribution in [2.75, 3.05) is 18.5 Å². The molecule has 0 unspecified atom stereocenters. The predicted octanol–water partition coefficient (Wildman–Crippen LogP) is 3.19. The lowest BCUT2D eigenvalue weighted by molar-refractivity contribution is -0.111. The van der Waals surface area contributed by atoms with E-state index in [-0.39, 0.29) is 5.69 Å². The summed E-state index contributed by atoms with van der Waals surface area (Å²) in [6.07, 6.45) is 2.82. The Balaban J connectivity index is 1.52. The quantitative estimate of drug-likeness (QED) is 0.658. The zero-order valence-corrected chi connectivity index (χ0v) is 16.0. The minimum atomic E-state index is -0.580. The molecule has 4 rings (SSSR count). The van der Waals surface area contributed by atoms with Gasteiger partial charge in [0.1, 0.15) is 19.0 Å². The van der Waals surface area contributed by atoms with Gasteiger partial charge in [-0.05, 0) is 59.3 Å². The normalized spacial score (nSPS) is 12.9. The van der Waals surface area contributed by atoms with Crippen LogP contribution in [-0.2, 0) is 4.79 Å². The molecule has 8 nitrogen and oxygen atoms in total. The summed E-state index contributed by atoms with van der Waals surface area (Å²) in [5.74, 6) is 0.434. The van der Waals surface area contributed by atoms with E-state index in [0.29, 0.717) is 46.8 Å². The van der Waals surface area contributed by atoms with Crippen LogP contribution in [-0.4, -0.2) is 39.3 Å². The van der Waals surface area contributed by atoms with E-state index in [1.807, 2.05) is 0 Å². The predicted molar refractivity (Wildman–Crippen MR) is 104 cm³/mol. The number of ether oxygens (including phenoxy) is 2. The lowest BCUT2D eigenvalue weighted by Crippen LogP contribution is -2.15. The Hall–Kier alpha value is -3.46. The van der Waals surface area contributed by atoms with Gasteiger partial charge in [0, 0.05) is 6.08 Å². The summed E-state index contributed by atoms with van der Waals surface area (Å²) in [4.78, 5) is 12.3. The number of nitrogens with one attached hydrogen (secondary N) is 1. The third-order valence-corrected chi connectivity index (χ3v) is 4.40. The highest BCUT2D eigenvalue weighted by atomic mass is 35.5. The van der Waals surface area contributed by atoms with Crippen LogP contribution in [0.3, 0.4) is 0 Å². The SMILES string of the molecule is Cc1nnnn1-c1ccc(F)c(NC(=O)/C=C/c2cc(Cl)c3c(c2)OCCO3)c1. The second-order valence-electron chi connectivity index (χ2n) is 6.15. The molecule has 1 amide bonds. The number of halogens is 2. The Kier molecular flexibility index (Phi) is 5.13. The third kappa shape index (κ3) is 4.04. The van der Waals surface area contributed by atoms with Gasteiger partial charge in [-0.15, -0.1) is 5.10 Å². The molecule has 29 heavy (non-hydrogen) atoms. The highest BCUT2D eigenvalue weighted by Crippen LogP contribution is 2.38. The summed E-state index contributed by atoms with van der Waals surface area (Å²) in [5.41, 5.74) is 1.17. The van der Waals surface area contributed by atoms with Crippen LogP contribution < -0.4 is 14.8 Å².